The molecule has 7 heteroatoms. The van der Waals surface area contributed by atoms with Crippen molar-refractivity contribution in [1.29, 1.82) is 0 Å². The van der Waals surface area contributed by atoms with Crippen LogP contribution in [0.25, 0.3) is 0 Å². The van der Waals surface area contributed by atoms with Gasteiger partial charge in [-0.1, -0.05) is 18.2 Å². The Morgan fingerprint density at radius 2 is 1.59 bits per heavy atom. The zero-order valence-electron chi connectivity index (χ0n) is 19.9. The minimum absolute atomic E-state index is 0.111. The highest BCUT2D eigenvalue weighted by Gasteiger charge is 2.44. The summed E-state index contributed by atoms with van der Waals surface area (Å²) in [5.74, 6) is -1.39. The lowest BCUT2D eigenvalue weighted by atomic mass is 9.95. The zero-order valence-corrected chi connectivity index (χ0v) is 20.7. The average Bonchev–Trinajstić information content (AvgIpc) is 3.47. The van der Waals surface area contributed by atoms with E-state index in [-0.39, 0.29) is 11.4 Å². The van der Waals surface area contributed by atoms with E-state index in [1.165, 1.54) is 16.2 Å². The predicted octanol–water partition coefficient (Wildman–Crippen LogP) is 5.44. The van der Waals surface area contributed by atoms with Crippen molar-refractivity contribution in [1.82, 2.24) is 0 Å². The third-order valence-electron chi connectivity index (χ3n) is 6.18. The van der Waals surface area contributed by atoms with Gasteiger partial charge in [0, 0.05) is 44.2 Å². The molecule has 176 valence electrons. The van der Waals surface area contributed by atoms with Gasteiger partial charge in [-0.2, -0.15) is 0 Å². The molecule has 2 aromatic carbocycles. The Labute approximate surface area is 204 Å². The highest BCUT2D eigenvalue weighted by atomic mass is 32.1. The van der Waals surface area contributed by atoms with Gasteiger partial charge in [0.05, 0.1) is 16.5 Å². The zero-order chi connectivity index (χ0) is 24.4. The number of thiophene rings is 1. The Bertz CT molecular complexity index is 1190. The smallest absolute Gasteiger partial charge is 0.294 e. The minimum atomic E-state index is -0.724. The quantitative estimate of drug-likeness (QED) is 0.439. The number of carbonyl (C=O) groups excluding carboxylic acids is 2. The fourth-order valence-corrected chi connectivity index (χ4v) is 5.00. The van der Waals surface area contributed by atoms with Crippen LogP contribution in [0.3, 0.4) is 0 Å². The number of hydrogen-bond acceptors (Lipinski definition) is 6. The van der Waals surface area contributed by atoms with Crippen molar-refractivity contribution in [2.24, 2.45) is 0 Å². The predicted molar refractivity (Wildman–Crippen MR) is 139 cm³/mol. The van der Waals surface area contributed by atoms with Crippen molar-refractivity contribution >= 4 is 40.1 Å². The molecule has 1 aliphatic rings. The van der Waals surface area contributed by atoms with E-state index >= 15 is 0 Å². The number of carbonyl (C=O) groups is 2. The van der Waals surface area contributed by atoms with Gasteiger partial charge in [-0.25, -0.2) is 0 Å². The molecule has 34 heavy (non-hydrogen) atoms. The number of aliphatic hydroxyl groups is 1. The van der Waals surface area contributed by atoms with Crippen molar-refractivity contribution in [3.8, 4) is 0 Å². The van der Waals surface area contributed by atoms with E-state index in [0.717, 1.165) is 30.0 Å². The van der Waals surface area contributed by atoms with Gasteiger partial charge in [0.15, 0.2) is 5.76 Å². The molecule has 0 saturated carbocycles. The molecule has 1 amide bonds. The lowest BCUT2D eigenvalue weighted by Gasteiger charge is -2.28. The second-order valence-corrected chi connectivity index (χ2v) is 9.27. The van der Waals surface area contributed by atoms with Crippen LogP contribution < -0.4 is 14.7 Å². The maximum atomic E-state index is 13.4. The third-order valence-corrected chi connectivity index (χ3v) is 7.05. The molecule has 4 rings (SSSR count). The van der Waals surface area contributed by atoms with Crippen LogP contribution >= 0.6 is 11.3 Å². The lowest BCUT2D eigenvalue weighted by molar-refractivity contribution is -0.117. The first-order valence-corrected chi connectivity index (χ1v) is 12.2. The van der Waals surface area contributed by atoms with Crippen molar-refractivity contribution < 1.29 is 14.7 Å². The second-order valence-electron chi connectivity index (χ2n) is 8.32. The number of aliphatic hydroxyl groups excluding tert-OH is 1. The molecule has 0 aliphatic carbocycles. The number of ketones is 1. The third kappa shape index (κ3) is 4.19. The molecule has 1 aliphatic heterocycles. The molecule has 1 aromatic heterocycles. The number of hydrogen-bond donors (Lipinski definition) is 1. The summed E-state index contributed by atoms with van der Waals surface area (Å²) < 4.78 is 0. The van der Waals surface area contributed by atoms with Gasteiger partial charge < -0.3 is 14.9 Å². The van der Waals surface area contributed by atoms with E-state index in [4.69, 9.17) is 0 Å². The highest BCUT2D eigenvalue weighted by Crippen LogP contribution is 2.43. The van der Waals surface area contributed by atoms with Crippen LogP contribution in [-0.2, 0) is 4.79 Å². The van der Waals surface area contributed by atoms with Crippen LogP contribution in [0.1, 0.15) is 35.1 Å². The molecule has 0 fully saturated rings. The van der Waals surface area contributed by atoms with Crippen LogP contribution in [0, 0.1) is 0 Å². The van der Waals surface area contributed by atoms with Gasteiger partial charge in [-0.15, -0.1) is 11.3 Å². The summed E-state index contributed by atoms with van der Waals surface area (Å²) in [5.41, 5.74) is 3.56. The molecule has 0 radical (unpaired) electrons. The van der Waals surface area contributed by atoms with Gasteiger partial charge in [0.1, 0.15) is 0 Å². The fourth-order valence-electron chi connectivity index (χ4n) is 4.33. The van der Waals surface area contributed by atoms with Gasteiger partial charge >= 0.3 is 0 Å². The molecule has 3 aromatic rings. The Balaban J connectivity index is 1.81. The van der Waals surface area contributed by atoms with Crippen LogP contribution in [0.15, 0.2) is 77.4 Å². The van der Waals surface area contributed by atoms with Crippen molar-refractivity contribution in [3.05, 3.63) is 87.8 Å². The molecule has 0 spiro atoms. The summed E-state index contributed by atoms with van der Waals surface area (Å²) in [4.78, 5) is 33.0. The van der Waals surface area contributed by atoms with Crippen LogP contribution in [0.2, 0.25) is 0 Å². The molecule has 2 heterocycles. The van der Waals surface area contributed by atoms with Gasteiger partial charge in [0.2, 0.25) is 5.78 Å². The van der Waals surface area contributed by atoms with E-state index in [1.54, 1.807) is 12.1 Å². The van der Waals surface area contributed by atoms with E-state index in [2.05, 4.69) is 18.7 Å². The molecule has 1 unspecified atom stereocenters. The number of rotatable bonds is 8. The molecular formula is C27H29N3O3S. The van der Waals surface area contributed by atoms with Crippen molar-refractivity contribution in [3.63, 3.8) is 0 Å². The first-order valence-electron chi connectivity index (χ1n) is 11.3. The summed E-state index contributed by atoms with van der Waals surface area (Å²) in [6.45, 7) is 5.96. The maximum absolute atomic E-state index is 13.4. The maximum Gasteiger partial charge on any atom is 0.294 e. The Morgan fingerprint density at radius 1 is 0.971 bits per heavy atom. The van der Waals surface area contributed by atoms with Crippen LogP contribution in [0.5, 0.6) is 0 Å². The highest BCUT2D eigenvalue weighted by molar-refractivity contribution is 7.12. The largest absolute Gasteiger partial charge is 0.503 e. The molecule has 0 bridgehead atoms. The average molecular weight is 476 g/mol. The number of amides is 1. The molecule has 0 saturated heterocycles. The number of Topliss-reactive ketones (excluding diaryl/α,β-unsaturated/α-hetero) is 1. The molecule has 1 atom stereocenters. The van der Waals surface area contributed by atoms with Gasteiger partial charge in [-0.05, 0) is 67.3 Å². The Hall–Kier alpha value is -3.58. The number of anilines is 3. The lowest BCUT2D eigenvalue weighted by Crippen LogP contribution is -2.31. The molecular weight excluding hydrogens is 446 g/mol. The number of nitrogens with zero attached hydrogens (tertiary/aromatic N) is 3. The summed E-state index contributed by atoms with van der Waals surface area (Å²) in [7, 11) is 3.89. The Kier molecular flexibility index (Phi) is 6.75. The Morgan fingerprint density at radius 3 is 2.12 bits per heavy atom. The van der Waals surface area contributed by atoms with E-state index < -0.39 is 17.7 Å². The molecule has 6 nitrogen and oxygen atoms in total. The monoisotopic (exact) mass is 475 g/mol. The summed E-state index contributed by atoms with van der Waals surface area (Å²) in [5, 5.41) is 12.7. The van der Waals surface area contributed by atoms with E-state index in [9.17, 15) is 14.7 Å². The minimum Gasteiger partial charge on any atom is -0.503 e. The van der Waals surface area contributed by atoms with Crippen LogP contribution in [-0.4, -0.2) is 44.0 Å². The summed E-state index contributed by atoms with van der Waals surface area (Å²) in [6.07, 6.45) is 0. The van der Waals surface area contributed by atoms with Crippen molar-refractivity contribution in [2.45, 2.75) is 19.9 Å². The van der Waals surface area contributed by atoms with E-state index in [0.29, 0.717) is 10.6 Å². The topological polar surface area (TPSA) is 64.1 Å². The first kappa shape index (κ1) is 23.6. The van der Waals surface area contributed by atoms with Gasteiger partial charge in [0.25, 0.3) is 5.91 Å². The fraction of sp³-hybridized carbons (Fsp3) is 0.259. The van der Waals surface area contributed by atoms with Gasteiger partial charge in [-0.3, -0.25) is 14.5 Å². The first-order chi connectivity index (χ1) is 16.4. The summed E-state index contributed by atoms with van der Waals surface area (Å²) >= 11 is 1.30. The second kappa shape index (κ2) is 9.73. The molecule has 1 N–H and O–H groups in total. The van der Waals surface area contributed by atoms with Crippen molar-refractivity contribution in [2.75, 3.05) is 41.9 Å². The standard InChI is InChI=1S/C27H29N3O3S/c1-5-29(6-2)20-11-9-18(10-12-20)24-23(25(31)22-8-7-17-34-22)26(32)27(33)30(24)21-15-13-19(14-16-21)28(3)4/h7-17,24,32H,5-6H2,1-4H3. The SMILES string of the molecule is CCN(CC)c1ccc(C2C(C(=O)c3cccs3)=C(O)C(=O)N2c2ccc(N(C)C)cc2)cc1. The van der Waals surface area contributed by atoms with E-state index in [1.807, 2.05) is 72.9 Å². The van der Waals surface area contributed by atoms with Crippen LogP contribution in [0.4, 0.5) is 17.1 Å². The normalized spacial score (nSPS) is 15.7. The summed E-state index contributed by atoms with van der Waals surface area (Å²) in [6, 6.07) is 18.2. The number of benzene rings is 2.